The van der Waals surface area contributed by atoms with E-state index in [1.807, 2.05) is 0 Å². The molecule has 2 aliphatic rings. The molecule has 1 aromatic carbocycles. The largest absolute Gasteiger partial charge is 0.204 e. The van der Waals surface area contributed by atoms with Crippen LogP contribution in [-0.2, 0) is 6.42 Å². The van der Waals surface area contributed by atoms with Crippen molar-refractivity contribution < 1.29 is 8.78 Å². The number of benzene rings is 1. The maximum absolute atomic E-state index is 13.3. The van der Waals surface area contributed by atoms with Crippen LogP contribution < -0.4 is 0 Å². The van der Waals surface area contributed by atoms with E-state index in [9.17, 15) is 8.78 Å². The molecule has 1 aromatic rings. The summed E-state index contributed by atoms with van der Waals surface area (Å²) in [4.78, 5) is 0. The Kier molecular flexibility index (Phi) is 8.07. The van der Waals surface area contributed by atoms with Crippen LogP contribution in [0.2, 0.25) is 0 Å². The lowest BCUT2D eigenvalue weighted by Gasteiger charge is -2.37. The van der Waals surface area contributed by atoms with Crippen molar-refractivity contribution in [1.29, 1.82) is 5.26 Å². The normalized spacial score (nSPS) is 28.3. The number of hydrogen-bond donors (Lipinski definition) is 0. The van der Waals surface area contributed by atoms with Gasteiger partial charge in [-0.15, -0.1) is 0 Å². The fourth-order valence-corrected chi connectivity index (χ4v) is 5.39. The summed E-state index contributed by atoms with van der Waals surface area (Å²) in [5.74, 6) is 1.82. The van der Waals surface area contributed by atoms with Gasteiger partial charge in [0.15, 0.2) is 11.6 Å². The summed E-state index contributed by atoms with van der Waals surface area (Å²) in [6.07, 6.45) is 18.8. The molecule has 0 bridgehead atoms. The molecule has 0 amide bonds. The first-order chi connectivity index (χ1) is 13.7. The van der Waals surface area contributed by atoms with Gasteiger partial charge in [-0.2, -0.15) is 5.26 Å². The van der Waals surface area contributed by atoms with Crippen molar-refractivity contribution in [2.45, 2.75) is 77.0 Å². The van der Waals surface area contributed by atoms with Gasteiger partial charge in [0.25, 0.3) is 0 Å². The molecule has 0 atom stereocenters. The summed E-state index contributed by atoms with van der Waals surface area (Å²) in [5.41, 5.74) is 0.905. The van der Waals surface area contributed by atoms with Crippen molar-refractivity contribution >= 4 is 0 Å². The van der Waals surface area contributed by atoms with E-state index in [2.05, 4.69) is 12.1 Å². The molecule has 0 unspecified atom stereocenters. The van der Waals surface area contributed by atoms with Gasteiger partial charge in [-0.05, 0) is 92.7 Å². The Balaban J connectivity index is 1.30. The Labute approximate surface area is 168 Å². The lowest BCUT2D eigenvalue weighted by molar-refractivity contribution is 0.151. The van der Waals surface area contributed by atoms with Crippen molar-refractivity contribution in [3.05, 3.63) is 47.5 Å². The lowest BCUT2D eigenvalue weighted by Crippen LogP contribution is -2.25. The van der Waals surface area contributed by atoms with Crippen LogP contribution in [0.3, 0.4) is 0 Å². The third kappa shape index (κ3) is 6.16. The highest BCUT2D eigenvalue weighted by Crippen LogP contribution is 2.42. The van der Waals surface area contributed by atoms with Crippen molar-refractivity contribution in [3.63, 3.8) is 0 Å². The molecule has 0 N–H and O–H groups in total. The van der Waals surface area contributed by atoms with Crippen LogP contribution >= 0.6 is 0 Å². The second kappa shape index (κ2) is 10.7. The summed E-state index contributed by atoms with van der Waals surface area (Å²) in [6.45, 7) is 0. The van der Waals surface area contributed by atoms with Crippen LogP contribution in [0.25, 0.3) is 0 Å². The Hall–Kier alpha value is -1.69. The van der Waals surface area contributed by atoms with Gasteiger partial charge in [-0.3, -0.25) is 0 Å². The molecule has 0 radical (unpaired) electrons. The van der Waals surface area contributed by atoms with E-state index in [-0.39, 0.29) is 0 Å². The van der Waals surface area contributed by atoms with E-state index < -0.39 is 11.6 Å². The first-order valence-electron chi connectivity index (χ1n) is 11.2. The Morgan fingerprint density at radius 3 is 2.21 bits per heavy atom. The number of halogens is 2. The van der Waals surface area contributed by atoms with Crippen LogP contribution in [0.5, 0.6) is 0 Å². The highest BCUT2D eigenvalue weighted by molar-refractivity contribution is 5.17. The molecule has 0 aromatic heterocycles. The van der Waals surface area contributed by atoms with E-state index in [0.29, 0.717) is 5.92 Å². The van der Waals surface area contributed by atoms with E-state index >= 15 is 0 Å². The van der Waals surface area contributed by atoms with Crippen molar-refractivity contribution in [1.82, 2.24) is 0 Å². The van der Waals surface area contributed by atoms with Gasteiger partial charge in [-0.1, -0.05) is 37.8 Å². The van der Waals surface area contributed by atoms with E-state index in [0.717, 1.165) is 36.2 Å². The predicted octanol–water partition coefficient (Wildman–Crippen LogP) is 7.37. The van der Waals surface area contributed by atoms with Crippen molar-refractivity contribution in [3.8, 4) is 6.07 Å². The second-order valence-corrected chi connectivity index (χ2v) is 8.94. The molecule has 3 rings (SSSR count). The monoisotopic (exact) mass is 385 g/mol. The minimum Gasteiger partial charge on any atom is -0.204 e. The average molecular weight is 386 g/mol. The van der Waals surface area contributed by atoms with Crippen LogP contribution in [0.4, 0.5) is 8.78 Å². The molecule has 0 saturated heterocycles. The van der Waals surface area contributed by atoms with Crippen molar-refractivity contribution in [2.75, 3.05) is 0 Å². The third-order valence-electron chi connectivity index (χ3n) is 7.13. The van der Waals surface area contributed by atoms with Gasteiger partial charge >= 0.3 is 0 Å². The molecular formula is C25H33F2N. The fourth-order valence-electron chi connectivity index (χ4n) is 5.39. The Bertz CT molecular complexity index is 674. The van der Waals surface area contributed by atoms with Crippen LogP contribution in [0.1, 0.15) is 76.2 Å². The number of nitrogens with zero attached hydrogens (tertiary/aromatic N) is 1. The number of allylic oxidation sites excluding steroid dienone is 2. The highest BCUT2D eigenvalue weighted by atomic mass is 19.2. The standard InChI is InChI=1S/C25H33F2N/c26-24-16-11-21(18-25(24)27)5-2-1-4-19-7-12-22(13-8-19)23-14-9-20(10-15-23)6-3-17-28/h3,6,11,16,18-20,22-23H,1-2,4-5,7-10,12-15H2/b6-3+/t19-,20?,22-,23?. The molecule has 3 heteroatoms. The molecule has 2 fully saturated rings. The summed E-state index contributed by atoms with van der Waals surface area (Å²) in [6, 6.07) is 6.39. The summed E-state index contributed by atoms with van der Waals surface area (Å²) < 4.78 is 26.2. The lowest BCUT2D eigenvalue weighted by atomic mass is 9.68. The van der Waals surface area contributed by atoms with Crippen LogP contribution in [-0.4, -0.2) is 0 Å². The van der Waals surface area contributed by atoms with Crippen molar-refractivity contribution in [2.24, 2.45) is 23.7 Å². The molecule has 28 heavy (non-hydrogen) atoms. The molecular weight excluding hydrogens is 352 g/mol. The minimum atomic E-state index is -0.757. The highest BCUT2D eigenvalue weighted by Gasteiger charge is 2.30. The number of aryl methyl sites for hydroxylation is 1. The zero-order valence-corrected chi connectivity index (χ0v) is 16.9. The number of nitriles is 1. The molecule has 0 aliphatic heterocycles. The van der Waals surface area contributed by atoms with E-state index in [4.69, 9.17) is 5.26 Å². The van der Waals surface area contributed by atoms with E-state index in [1.165, 1.54) is 76.3 Å². The quantitative estimate of drug-likeness (QED) is 0.355. The first kappa shape index (κ1) is 21.0. The van der Waals surface area contributed by atoms with Gasteiger partial charge in [0.2, 0.25) is 0 Å². The van der Waals surface area contributed by atoms with Gasteiger partial charge < -0.3 is 0 Å². The number of hydrogen-bond acceptors (Lipinski definition) is 1. The number of rotatable bonds is 7. The van der Waals surface area contributed by atoms with Crippen LogP contribution in [0.15, 0.2) is 30.4 Å². The van der Waals surface area contributed by atoms with Gasteiger partial charge in [-0.25, -0.2) is 8.78 Å². The molecule has 1 nitrogen and oxygen atoms in total. The summed E-state index contributed by atoms with van der Waals surface area (Å²) >= 11 is 0. The van der Waals surface area contributed by atoms with Gasteiger partial charge in [0.05, 0.1) is 6.07 Å². The molecule has 2 aliphatic carbocycles. The molecule has 2 saturated carbocycles. The minimum absolute atomic E-state index is 0.627. The number of unbranched alkanes of at least 4 members (excludes halogenated alkanes) is 1. The van der Waals surface area contributed by atoms with Gasteiger partial charge in [0.1, 0.15) is 0 Å². The molecule has 152 valence electrons. The average Bonchev–Trinajstić information content (AvgIpc) is 2.73. The molecule has 0 spiro atoms. The SMILES string of the molecule is N#C/C=C/C1CCC([C@H]2CC[C@H](CCCCc3ccc(F)c(F)c3)CC2)CC1. The topological polar surface area (TPSA) is 23.8 Å². The first-order valence-corrected chi connectivity index (χ1v) is 11.2. The Morgan fingerprint density at radius 2 is 1.57 bits per heavy atom. The maximum Gasteiger partial charge on any atom is 0.159 e. The molecule has 0 heterocycles. The second-order valence-electron chi connectivity index (χ2n) is 8.94. The fraction of sp³-hybridized carbons (Fsp3) is 0.640. The zero-order valence-electron chi connectivity index (χ0n) is 16.9. The third-order valence-corrected chi connectivity index (χ3v) is 7.13. The summed E-state index contributed by atoms with van der Waals surface area (Å²) in [5, 5.41) is 8.67. The smallest absolute Gasteiger partial charge is 0.159 e. The zero-order chi connectivity index (χ0) is 19.8. The summed E-state index contributed by atoms with van der Waals surface area (Å²) in [7, 11) is 0. The maximum atomic E-state index is 13.3. The Morgan fingerprint density at radius 1 is 0.893 bits per heavy atom. The van der Waals surface area contributed by atoms with Gasteiger partial charge in [0, 0.05) is 6.08 Å². The predicted molar refractivity (Wildman–Crippen MR) is 110 cm³/mol. The van der Waals surface area contributed by atoms with Crippen LogP contribution in [0, 0.1) is 46.6 Å². The van der Waals surface area contributed by atoms with E-state index in [1.54, 1.807) is 12.1 Å².